The molecule has 6 heteroatoms. The number of nitrogens with zero attached hydrogens (tertiary/aromatic N) is 3. The topological polar surface area (TPSA) is 78.4 Å². The summed E-state index contributed by atoms with van der Waals surface area (Å²) < 4.78 is 1.82. The quantitative estimate of drug-likeness (QED) is 0.775. The molecule has 0 saturated carbocycles. The minimum Gasteiger partial charge on any atom is -0.478 e. The Kier molecular flexibility index (Phi) is 4.05. The monoisotopic (exact) mass is 343 g/mol. The van der Waals surface area contributed by atoms with E-state index in [2.05, 4.69) is 11.1 Å². The van der Waals surface area contributed by atoms with Gasteiger partial charge in [-0.15, -0.1) is 17.0 Å². The van der Waals surface area contributed by atoms with Crippen LogP contribution >= 0.6 is 17.0 Å². The van der Waals surface area contributed by atoms with Gasteiger partial charge in [0.15, 0.2) is 0 Å². The number of hydrogen-bond acceptors (Lipinski definition) is 3. The average molecular weight is 344 g/mol. The maximum atomic E-state index is 10.8. The summed E-state index contributed by atoms with van der Waals surface area (Å²) in [5.41, 5.74) is 3.04. The lowest BCUT2D eigenvalue weighted by Gasteiger charge is -1.97. The lowest BCUT2D eigenvalue weighted by Crippen LogP contribution is -1.94. The van der Waals surface area contributed by atoms with E-state index in [1.54, 1.807) is 42.6 Å². The van der Waals surface area contributed by atoms with Gasteiger partial charge in [-0.1, -0.05) is 12.1 Å². The van der Waals surface area contributed by atoms with Crippen molar-refractivity contribution in [1.82, 2.24) is 9.38 Å². The number of hydrogen-bond donors (Lipinski definition) is 1. The smallest absolute Gasteiger partial charge is 0.335 e. The molecule has 0 aliphatic heterocycles. The van der Waals surface area contributed by atoms with E-state index < -0.39 is 5.97 Å². The normalized spacial score (nSPS) is 9.86. The molecule has 2 aromatic heterocycles. The number of fused-ring (bicyclic) bond motifs is 1. The maximum Gasteiger partial charge on any atom is 0.335 e. The number of carboxylic acid groups (broad SMARTS) is 1. The molecule has 0 aliphatic carbocycles. The van der Waals surface area contributed by atoms with Crippen LogP contribution in [0, 0.1) is 11.3 Å². The summed E-state index contributed by atoms with van der Waals surface area (Å²) in [5.74, 6) is -0.954. The molecule has 0 saturated heterocycles. The molecule has 0 unspecified atom stereocenters. The van der Waals surface area contributed by atoms with Crippen molar-refractivity contribution in [2.75, 3.05) is 0 Å². The Hall–Kier alpha value is -2.65. The van der Waals surface area contributed by atoms with Crippen molar-refractivity contribution in [2.24, 2.45) is 0 Å². The lowest BCUT2D eigenvalue weighted by molar-refractivity contribution is 0.0697. The number of nitriles is 1. The van der Waals surface area contributed by atoms with E-state index in [-0.39, 0.29) is 22.5 Å². The number of imidazole rings is 1. The fourth-order valence-corrected chi connectivity index (χ4v) is 1.97. The molecule has 1 N–H and O–H groups in total. The molecule has 0 aliphatic rings. The minimum atomic E-state index is -0.954. The van der Waals surface area contributed by atoms with E-state index in [0.717, 1.165) is 11.3 Å². The van der Waals surface area contributed by atoms with Crippen molar-refractivity contribution in [3.8, 4) is 17.3 Å². The Labute approximate surface area is 130 Å². The molecule has 1 aromatic carbocycles. The molecular weight excluding hydrogens is 334 g/mol. The first-order valence-electron chi connectivity index (χ1n) is 5.90. The molecule has 0 radical (unpaired) electrons. The molecule has 0 atom stereocenters. The first-order chi connectivity index (χ1) is 9.67. The van der Waals surface area contributed by atoms with Crippen LogP contribution in [0.3, 0.4) is 0 Å². The summed E-state index contributed by atoms with van der Waals surface area (Å²) in [6.45, 7) is 0. The molecular formula is C15H10BrN3O2. The molecule has 0 amide bonds. The molecule has 0 spiro atoms. The number of carbonyl (C=O) groups is 1. The van der Waals surface area contributed by atoms with Crippen molar-refractivity contribution in [1.29, 1.82) is 5.26 Å². The van der Waals surface area contributed by atoms with Crippen LogP contribution in [0.1, 0.15) is 15.9 Å². The van der Waals surface area contributed by atoms with Crippen molar-refractivity contribution < 1.29 is 9.90 Å². The number of rotatable bonds is 2. The van der Waals surface area contributed by atoms with Crippen molar-refractivity contribution in [2.45, 2.75) is 0 Å². The number of benzene rings is 1. The Bertz CT molecular complexity index is 847. The van der Waals surface area contributed by atoms with Crippen molar-refractivity contribution >= 4 is 28.6 Å². The number of aromatic nitrogens is 2. The Balaban J connectivity index is 0.00000161. The van der Waals surface area contributed by atoms with E-state index >= 15 is 0 Å². The van der Waals surface area contributed by atoms with Crippen molar-refractivity contribution in [3.63, 3.8) is 0 Å². The van der Waals surface area contributed by atoms with Crippen molar-refractivity contribution in [3.05, 3.63) is 59.9 Å². The zero-order valence-electron chi connectivity index (χ0n) is 10.7. The van der Waals surface area contributed by atoms with Crippen LogP contribution in [0.25, 0.3) is 16.9 Å². The number of pyridine rings is 1. The second-order valence-electron chi connectivity index (χ2n) is 4.30. The summed E-state index contributed by atoms with van der Waals surface area (Å²) in [4.78, 5) is 15.2. The first-order valence-corrected chi connectivity index (χ1v) is 5.90. The Morgan fingerprint density at radius 1 is 1.24 bits per heavy atom. The molecule has 104 valence electrons. The van der Waals surface area contributed by atoms with Gasteiger partial charge in [-0.2, -0.15) is 5.26 Å². The largest absolute Gasteiger partial charge is 0.478 e. The van der Waals surface area contributed by atoms with E-state index in [9.17, 15) is 4.79 Å². The Morgan fingerprint density at radius 3 is 2.57 bits per heavy atom. The summed E-state index contributed by atoms with van der Waals surface area (Å²) in [6, 6.07) is 12.0. The highest BCUT2D eigenvalue weighted by Gasteiger charge is 2.07. The minimum absolute atomic E-state index is 0. The third kappa shape index (κ3) is 2.78. The predicted octanol–water partition coefficient (Wildman–Crippen LogP) is 3.15. The zero-order chi connectivity index (χ0) is 14.1. The van der Waals surface area contributed by atoms with Gasteiger partial charge < -0.3 is 9.51 Å². The number of aromatic carboxylic acids is 1. The van der Waals surface area contributed by atoms with Gasteiger partial charge in [-0.25, -0.2) is 9.78 Å². The maximum absolute atomic E-state index is 10.8. The van der Waals surface area contributed by atoms with Gasteiger partial charge >= 0.3 is 5.97 Å². The summed E-state index contributed by atoms with van der Waals surface area (Å²) >= 11 is 0. The van der Waals surface area contributed by atoms with Crippen LogP contribution in [-0.4, -0.2) is 20.5 Å². The lowest BCUT2D eigenvalue weighted by atomic mass is 10.1. The third-order valence-corrected chi connectivity index (χ3v) is 3.02. The van der Waals surface area contributed by atoms with Crippen LogP contribution in [0.4, 0.5) is 0 Å². The van der Waals surface area contributed by atoms with Crippen LogP contribution in [0.15, 0.2) is 48.8 Å². The van der Waals surface area contributed by atoms with E-state index in [1.165, 1.54) is 0 Å². The first kappa shape index (κ1) is 14.8. The van der Waals surface area contributed by atoms with Gasteiger partial charge in [0.05, 0.1) is 22.9 Å². The van der Waals surface area contributed by atoms with E-state index in [4.69, 9.17) is 10.4 Å². The Morgan fingerprint density at radius 2 is 1.95 bits per heavy atom. The summed E-state index contributed by atoms with van der Waals surface area (Å²) in [5, 5.41) is 17.7. The van der Waals surface area contributed by atoms with Crippen LogP contribution in [0.2, 0.25) is 0 Å². The number of halogens is 1. The van der Waals surface area contributed by atoms with E-state index in [1.807, 2.05) is 10.6 Å². The highest BCUT2D eigenvalue weighted by Crippen LogP contribution is 2.20. The highest BCUT2D eigenvalue weighted by molar-refractivity contribution is 8.93. The van der Waals surface area contributed by atoms with Crippen LogP contribution in [-0.2, 0) is 0 Å². The average Bonchev–Trinajstić information content (AvgIpc) is 2.90. The number of carboxylic acids is 1. The summed E-state index contributed by atoms with van der Waals surface area (Å²) in [7, 11) is 0. The molecule has 0 fully saturated rings. The zero-order valence-corrected chi connectivity index (χ0v) is 12.4. The van der Waals surface area contributed by atoms with Gasteiger partial charge in [0.25, 0.3) is 0 Å². The standard InChI is InChI=1S/C15H9N3O2.BrH/c16-8-10-5-6-18-9-13(17-14(18)7-10)11-1-3-12(4-2-11)15(19)20;/h1-7,9H,(H,19,20);1H. The SMILES string of the molecule is Br.N#Cc1ccn2cc(-c3ccc(C(=O)O)cc3)nc2c1. The summed E-state index contributed by atoms with van der Waals surface area (Å²) in [6.07, 6.45) is 3.61. The predicted molar refractivity (Wildman–Crippen MR) is 82.6 cm³/mol. The van der Waals surface area contributed by atoms with Gasteiger partial charge in [-0.3, -0.25) is 0 Å². The molecule has 21 heavy (non-hydrogen) atoms. The molecule has 2 heterocycles. The molecule has 3 rings (SSSR count). The van der Waals surface area contributed by atoms with Gasteiger partial charge in [0.2, 0.25) is 0 Å². The third-order valence-electron chi connectivity index (χ3n) is 3.02. The highest BCUT2D eigenvalue weighted by atomic mass is 79.9. The van der Waals surface area contributed by atoms with Gasteiger partial charge in [0.1, 0.15) is 5.65 Å². The van der Waals surface area contributed by atoms with Crippen LogP contribution < -0.4 is 0 Å². The van der Waals surface area contributed by atoms with Crippen LogP contribution in [0.5, 0.6) is 0 Å². The van der Waals surface area contributed by atoms with Gasteiger partial charge in [-0.05, 0) is 24.3 Å². The second-order valence-corrected chi connectivity index (χ2v) is 4.30. The molecule has 5 nitrogen and oxygen atoms in total. The van der Waals surface area contributed by atoms with E-state index in [0.29, 0.717) is 11.2 Å². The molecule has 3 aromatic rings. The fraction of sp³-hybridized carbons (Fsp3) is 0. The fourth-order valence-electron chi connectivity index (χ4n) is 1.97. The van der Waals surface area contributed by atoms with Gasteiger partial charge in [0, 0.05) is 18.0 Å². The second kappa shape index (κ2) is 5.77. The molecule has 0 bridgehead atoms.